The smallest absolute Gasteiger partial charge is 0.240 e. The molecule has 2 N–H and O–H groups in total. The Labute approximate surface area is 158 Å². The number of nitrogens with one attached hydrogen (secondary N) is 2. The molecule has 2 aromatic rings. The van der Waals surface area contributed by atoms with E-state index in [1.54, 1.807) is 12.1 Å². The van der Waals surface area contributed by atoms with E-state index in [-0.39, 0.29) is 12.8 Å². The van der Waals surface area contributed by atoms with Crippen molar-refractivity contribution in [3.63, 3.8) is 0 Å². The zero-order chi connectivity index (χ0) is 20.5. The summed E-state index contributed by atoms with van der Waals surface area (Å²) in [4.78, 5) is 25.1. The molecule has 0 heterocycles. The first-order valence-corrected chi connectivity index (χ1v) is 8.31. The van der Waals surface area contributed by atoms with E-state index in [1.807, 2.05) is 0 Å². The number of methoxy groups -OCH3 is 2. The molecular formula is C19H17F3N2O4. The molecule has 1 aliphatic rings. The number of ether oxygens (including phenoxy) is 2. The summed E-state index contributed by atoms with van der Waals surface area (Å²) in [6.45, 7) is 0. The molecule has 0 saturated heterocycles. The lowest BCUT2D eigenvalue weighted by Crippen LogP contribution is -2.36. The van der Waals surface area contributed by atoms with Gasteiger partial charge in [0.15, 0.2) is 29.0 Å². The second-order valence-electron chi connectivity index (χ2n) is 6.28. The normalized spacial score (nSPS) is 14.2. The van der Waals surface area contributed by atoms with Crippen LogP contribution in [0.1, 0.15) is 12.8 Å². The number of benzene rings is 2. The van der Waals surface area contributed by atoms with Crippen LogP contribution in [0.4, 0.5) is 24.5 Å². The summed E-state index contributed by atoms with van der Waals surface area (Å²) in [6.07, 6.45) is 0.479. The average molecular weight is 394 g/mol. The molecule has 28 heavy (non-hydrogen) atoms. The largest absolute Gasteiger partial charge is 0.493 e. The van der Waals surface area contributed by atoms with Crippen molar-refractivity contribution in [3.8, 4) is 11.5 Å². The molecule has 0 aliphatic heterocycles. The number of carbonyl (C=O) groups is 2. The summed E-state index contributed by atoms with van der Waals surface area (Å²) < 4.78 is 50.4. The maximum absolute atomic E-state index is 13.8. The minimum atomic E-state index is -1.70. The van der Waals surface area contributed by atoms with E-state index >= 15 is 0 Å². The Hall–Kier alpha value is -3.23. The van der Waals surface area contributed by atoms with Gasteiger partial charge in [0.2, 0.25) is 11.8 Å². The maximum Gasteiger partial charge on any atom is 0.240 e. The average Bonchev–Trinajstić information content (AvgIpc) is 3.50. The van der Waals surface area contributed by atoms with Crippen LogP contribution < -0.4 is 20.1 Å². The second-order valence-corrected chi connectivity index (χ2v) is 6.28. The zero-order valence-corrected chi connectivity index (χ0v) is 15.1. The van der Waals surface area contributed by atoms with Gasteiger partial charge >= 0.3 is 0 Å². The summed E-state index contributed by atoms with van der Waals surface area (Å²) in [5.74, 6) is -5.13. The van der Waals surface area contributed by atoms with Gasteiger partial charge in [-0.1, -0.05) is 0 Å². The van der Waals surface area contributed by atoms with Gasteiger partial charge in [-0.05, 0) is 37.1 Å². The lowest BCUT2D eigenvalue weighted by molar-refractivity contribution is -0.131. The second kappa shape index (κ2) is 7.41. The number of amides is 2. The summed E-state index contributed by atoms with van der Waals surface area (Å²) in [6, 6.07) is 6.28. The molecule has 0 bridgehead atoms. The Kier molecular flexibility index (Phi) is 5.17. The third-order valence-electron chi connectivity index (χ3n) is 4.54. The van der Waals surface area contributed by atoms with Crippen molar-refractivity contribution in [3.05, 3.63) is 47.8 Å². The Bertz CT molecular complexity index is 945. The summed E-state index contributed by atoms with van der Waals surface area (Å²) >= 11 is 0. The third kappa shape index (κ3) is 3.47. The zero-order valence-electron chi connectivity index (χ0n) is 15.1. The Morgan fingerprint density at radius 2 is 1.54 bits per heavy atom. The molecule has 0 radical (unpaired) electrons. The van der Waals surface area contributed by atoms with Gasteiger partial charge in [-0.15, -0.1) is 0 Å². The van der Waals surface area contributed by atoms with Crippen LogP contribution in [0.15, 0.2) is 30.3 Å². The molecular weight excluding hydrogens is 377 g/mol. The fourth-order valence-corrected chi connectivity index (χ4v) is 2.71. The summed E-state index contributed by atoms with van der Waals surface area (Å²) in [5.41, 5.74) is -1.57. The first-order valence-electron chi connectivity index (χ1n) is 8.31. The van der Waals surface area contributed by atoms with E-state index in [0.29, 0.717) is 23.3 Å². The Balaban J connectivity index is 1.75. The van der Waals surface area contributed by atoms with Crippen molar-refractivity contribution in [2.24, 2.45) is 5.41 Å². The highest BCUT2D eigenvalue weighted by atomic mass is 19.2. The predicted molar refractivity (Wildman–Crippen MR) is 94.8 cm³/mol. The van der Waals surface area contributed by atoms with Crippen LogP contribution in [0.25, 0.3) is 0 Å². The van der Waals surface area contributed by atoms with E-state index in [4.69, 9.17) is 9.47 Å². The van der Waals surface area contributed by atoms with Gasteiger partial charge in [0.25, 0.3) is 0 Å². The fraction of sp³-hybridized carbons (Fsp3) is 0.263. The number of carbonyl (C=O) groups excluding carboxylic acids is 2. The fourth-order valence-electron chi connectivity index (χ4n) is 2.71. The van der Waals surface area contributed by atoms with E-state index in [2.05, 4.69) is 10.6 Å². The maximum atomic E-state index is 13.8. The number of hydrogen-bond donors (Lipinski definition) is 2. The van der Waals surface area contributed by atoms with Crippen molar-refractivity contribution < 1.29 is 32.2 Å². The summed E-state index contributed by atoms with van der Waals surface area (Å²) in [7, 11) is 2.91. The molecule has 0 atom stereocenters. The SMILES string of the molecule is COc1ccc(NC(=O)C2(C(=O)Nc3ccc(F)c(F)c3F)CC2)cc1OC. The Morgan fingerprint density at radius 1 is 0.893 bits per heavy atom. The van der Waals surface area contributed by atoms with Gasteiger partial charge in [-0.2, -0.15) is 0 Å². The van der Waals surface area contributed by atoms with E-state index in [9.17, 15) is 22.8 Å². The van der Waals surface area contributed by atoms with Crippen molar-refractivity contribution >= 4 is 23.2 Å². The molecule has 9 heteroatoms. The molecule has 1 aliphatic carbocycles. The van der Waals surface area contributed by atoms with Gasteiger partial charge in [0.05, 0.1) is 19.9 Å². The lowest BCUT2D eigenvalue weighted by Gasteiger charge is -2.17. The quantitative estimate of drug-likeness (QED) is 0.581. The first-order chi connectivity index (χ1) is 13.3. The van der Waals surface area contributed by atoms with Crippen molar-refractivity contribution in [1.82, 2.24) is 0 Å². The predicted octanol–water partition coefficient (Wildman–Crippen LogP) is 3.48. The lowest BCUT2D eigenvalue weighted by atomic mass is 10.0. The van der Waals surface area contributed by atoms with Crippen LogP contribution in [0, 0.1) is 22.9 Å². The monoisotopic (exact) mass is 394 g/mol. The molecule has 0 unspecified atom stereocenters. The number of rotatable bonds is 6. The number of hydrogen-bond acceptors (Lipinski definition) is 4. The van der Waals surface area contributed by atoms with Crippen LogP contribution in [0.3, 0.4) is 0 Å². The van der Waals surface area contributed by atoms with Crippen molar-refractivity contribution in [2.75, 3.05) is 24.9 Å². The summed E-state index contributed by atoms with van der Waals surface area (Å²) in [5, 5.41) is 4.77. The van der Waals surface area contributed by atoms with E-state index < -0.39 is 40.4 Å². The molecule has 148 valence electrons. The van der Waals surface area contributed by atoms with Crippen LogP contribution in [-0.2, 0) is 9.59 Å². The highest BCUT2D eigenvalue weighted by Crippen LogP contribution is 2.48. The number of halogens is 3. The molecule has 1 fully saturated rings. The third-order valence-corrected chi connectivity index (χ3v) is 4.54. The van der Waals surface area contributed by atoms with Gasteiger partial charge in [0.1, 0.15) is 5.41 Å². The Morgan fingerprint density at radius 3 is 2.14 bits per heavy atom. The van der Waals surface area contributed by atoms with Crippen molar-refractivity contribution in [2.45, 2.75) is 12.8 Å². The molecule has 6 nitrogen and oxygen atoms in total. The molecule has 2 aromatic carbocycles. The standard InChI is InChI=1S/C19H17F3N2O4/c1-27-13-6-3-10(9-14(13)28-2)23-17(25)19(7-8-19)18(26)24-12-5-4-11(20)15(21)16(12)22/h3-6,9H,7-8H2,1-2H3,(H,23,25)(H,24,26). The van der Waals surface area contributed by atoms with E-state index in [1.165, 1.54) is 20.3 Å². The van der Waals surface area contributed by atoms with E-state index in [0.717, 1.165) is 6.07 Å². The highest BCUT2D eigenvalue weighted by molar-refractivity contribution is 6.17. The van der Waals surface area contributed by atoms with Crippen molar-refractivity contribution in [1.29, 1.82) is 0 Å². The first kappa shape index (κ1) is 19.5. The van der Waals surface area contributed by atoms with Crippen LogP contribution >= 0.6 is 0 Å². The minimum absolute atomic E-state index is 0.239. The van der Waals surface area contributed by atoms with Gasteiger partial charge < -0.3 is 20.1 Å². The number of anilines is 2. The highest BCUT2D eigenvalue weighted by Gasteiger charge is 2.56. The van der Waals surface area contributed by atoms with Gasteiger partial charge in [-0.25, -0.2) is 13.2 Å². The molecule has 3 rings (SSSR count). The van der Waals surface area contributed by atoms with Crippen LogP contribution in [0.5, 0.6) is 11.5 Å². The minimum Gasteiger partial charge on any atom is -0.493 e. The topological polar surface area (TPSA) is 76.7 Å². The van der Waals surface area contributed by atoms with Gasteiger partial charge in [-0.3, -0.25) is 9.59 Å². The molecule has 0 aromatic heterocycles. The van der Waals surface area contributed by atoms with Crippen LogP contribution in [0.2, 0.25) is 0 Å². The van der Waals surface area contributed by atoms with Crippen LogP contribution in [-0.4, -0.2) is 26.0 Å². The molecule has 2 amide bonds. The molecule has 1 saturated carbocycles. The van der Waals surface area contributed by atoms with Gasteiger partial charge in [0, 0.05) is 11.8 Å². The molecule has 0 spiro atoms.